The van der Waals surface area contributed by atoms with Gasteiger partial charge in [0.1, 0.15) is 17.1 Å². The zero-order valence-electron chi connectivity index (χ0n) is 18.7. The van der Waals surface area contributed by atoms with Crippen molar-refractivity contribution in [1.82, 2.24) is 9.78 Å². The molecule has 0 spiro atoms. The number of fused-ring (bicyclic) bond motifs is 1. The fourth-order valence-corrected chi connectivity index (χ4v) is 3.72. The second-order valence-electron chi connectivity index (χ2n) is 8.74. The van der Waals surface area contributed by atoms with E-state index in [1.54, 1.807) is 28.9 Å². The molecule has 168 valence electrons. The average Bonchev–Trinajstić information content (AvgIpc) is 3.12. The molecular formula is C25H26N6O2. The van der Waals surface area contributed by atoms with Crippen LogP contribution in [0.4, 0.5) is 22.0 Å². The number of urea groups is 1. The molecule has 0 saturated heterocycles. The Bertz CT molecular complexity index is 1340. The van der Waals surface area contributed by atoms with Crippen LogP contribution in [0.25, 0.3) is 22.0 Å². The highest BCUT2D eigenvalue weighted by molar-refractivity contribution is 6.06. The number of primary amides is 1. The summed E-state index contributed by atoms with van der Waals surface area (Å²) in [6, 6.07) is 20.2. The van der Waals surface area contributed by atoms with Crippen LogP contribution in [0.3, 0.4) is 0 Å². The summed E-state index contributed by atoms with van der Waals surface area (Å²) in [5.74, 6) is -0.420. The molecule has 0 unspecified atom stereocenters. The molecule has 8 heteroatoms. The molecule has 8 nitrogen and oxygen atoms in total. The first kappa shape index (κ1) is 21.9. The van der Waals surface area contributed by atoms with E-state index in [0.29, 0.717) is 16.9 Å². The molecule has 0 aliphatic rings. The van der Waals surface area contributed by atoms with Crippen LogP contribution < -0.4 is 22.1 Å². The van der Waals surface area contributed by atoms with Crippen LogP contribution in [0.5, 0.6) is 0 Å². The SMILES string of the molecule is CC(C)(C)n1nc(-c2ccc(NC(=O)Nc3cccc4ccccc34)cc2)c(C(N)=O)c1N. The molecule has 0 aliphatic carbocycles. The fraction of sp³-hybridized carbons (Fsp3) is 0.160. The van der Waals surface area contributed by atoms with Crippen LogP contribution in [0.15, 0.2) is 66.7 Å². The van der Waals surface area contributed by atoms with Gasteiger partial charge in [-0.25, -0.2) is 9.48 Å². The molecule has 0 radical (unpaired) electrons. The molecule has 0 fully saturated rings. The number of carbonyl (C=O) groups excluding carboxylic acids is 2. The third-order valence-corrected chi connectivity index (χ3v) is 5.26. The van der Waals surface area contributed by atoms with E-state index in [9.17, 15) is 9.59 Å². The van der Waals surface area contributed by atoms with Crippen molar-refractivity contribution in [3.63, 3.8) is 0 Å². The van der Waals surface area contributed by atoms with Crippen molar-refractivity contribution in [3.8, 4) is 11.3 Å². The highest BCUT2D eigenvalue weighted by Crippen LogP contribution is 2.31. The minimum atomic E-state index is -0.644. The minimum absolute atomic E-state index is 0.180. The second kappa shape index (κ2) is 8.31. The van der Waals surface area contributed by atoms with E-state index >= 15 is 0 Å². The second-order valence-corrected chi connectivity index (χ2v) is 8.74. The lowest BCUT2D eigenvalue weighted by Gasteiger charge is -2.20. The Labute approximate surface area is 191 Å². The van der Waals surface area contributed by atoms with Gasteiger partial charge in [0.15, 0.2) is 0 Å². The predicted molar refractivity (Wildman–Crippen MR) is 132 cm³/mol. The summed E-state index contributed by atoms with van der Waals surface area (Å²) in [7, 11) is 0. The molecule has 6 N–H and O–H groups in total. The van der Waals surface area contributed by atoms with Crippen molar-refractivity contribution >= 4 is 39.9 Å². The van der Waals surface area contributed by atoms with Gasteiger partial charge in [-0.3, -0.25) is 4.79 Å². The third kappa shape index (κ3) is 4.36. The molecule has 33 heavy (non-hydrogen) atoms. The number of nitrogens with two attached hydrogens (primary N) is 2. The first-order chi connectivity index (χ1) is 15.6. The summed E-state index contributed by atoms with van der Waals surface area (Å²) in [6.07, 6.45) is 0. The number of hydrogen-bond donors (Lipinski definition) is 4. The van der Waals surface area contributed by atoms with Gasteiger partial charge in [0.05, 0.1) is 11.2 Å². The Hall–Kier alpha value is -4.33. The Kier molecular flexibility index (Phi) is 5.51. The van der Waals surface area contributed by atoms with Gasteiger partial charge in [-0.05, 0) is 44.4 Å². The van der Waals surface area contributed by atoms with Gasteiger partial charge in [0.2, 0.25) is 0 Å². The van der Waals surface area contributed by atoms with E-state index in [1.165, 1.54) is 0 Å². The fourth-order valence-electron chi connectivity index (χ4n) is 3.72. The molecular weight excluding hydrogens is 416 g/mol. The number of nitrogens with zero attached hydrogens (tertiary/aromatic N) is 2. The van der Waals surface area contributed by atoms with Crippen molar-refractivity contribution in [2.45, 2.75) is 26.3 Å². The van der Waals surface area contributed by atoms with Crippen LogP contribution in [0.1, 0.15) is 31.1 Å². The van der Waals surface area contributed by atoms with Gasteiger partial charge in [0.25, 0.3) is 5.91 Å². The van der Waals surface area contributed by atoms with E-state index in [4.69, 9.17) is 11.5 Å². The lowest BCUT2D eigenvalue weighted by Crippen LogP contribution is -2.25. The van der Waals surface area contributed by atoms with Crippen LogP contribution >= 0.6 is 0 Å². The molecule has 0 aliphatic heterocycles. The number of hydrogen-bond acceptors (Lipinski definition) is 4. The van der Waals surface area contributed by atoms with E-state index in [2.05, 4.69) is 15.7 Å². The largest absolute Gasteiger partial charge is 0.383 e. The van der Waals surface area contributed by atoms with Gasteiger partial charge in [0, 0.05) is 16.6 Å². The summed E-state index contributed by atoms with van der Waals surface area (Å²) in [5, 5.41) is 12.2. The zero-order valence-corrected chi connectivity index (χ0v) is 18.7. The number of anilines is 3. The van der Waals surface area contributed by atoms with Crippen molar-refractivity contribution in [2.75, 3.05) is 16.4 Å². The predicted octanol–water partition coefficient (Wildman–Crippen LogP) is 4.78. The van der Waals surface area contributed by atoms with Crippen LogP contribution in [-0.2, 0) is 5.54 Å². The summed E-state index contributed by atoms with van der Waals surface area (Å²) in [4.78, 5) is 24.6. The highest BCUT2D eigenvalue weighted by atomic mass is 16.2. The van der Waals surface area contributed by atoms with E-state index < -0.39 is 11.4 Å². The topological polar surface area (TPSA) is 128 Å². The normalized spacial score (nSPS) is 11.4. The first-order valence-corrected chi connectivity index (χ1v) is 10.5. The Morgan fingerprint density at radius 1 is 0.909 bits per heavy atom. The van der Waals surface area contributed by atoms with Gasteiger partial charge in [-0.15, -0.1) is 0 Å². The van der Waals surface area contributed by atoms with E-state index in [-0.39, 0.29) is 17.4 Å². The Morgan fingerprint density at radius 3 is 2.24 bits per heavy atom. The Morgan fingerprint density at radius 2 is 1.58 bits per heavy atom. The molecule has 0 atom stereocenters. The number of carbonyl (C=O) groups is 2. The monoisotopic (exact) mass is 442 g/mol. The number of nitrogen functional groups attached to an aromatic ring is 1. The summed E-state index contributed by atoms with van der Waals surface area (Å²) < 4.78 is 1.59. The van der Waals surface area contributed by atoms with Gasteiger partial charge in [-0.2, -0.15) is 5.10 Å². The maximum absolute atomic E-state index is 12.6. The van der Waals surface area contributed by atoms with E-state index in [0.717, 1.165) is 16.5 Å². The summed E-state index contributed by atoms with van der Waals surface area (Å²) >= 11 is 0. The lowest BCUT2D eigenvalue weighted by atomic mass is 10.1. The summed E-state index contributed by atoms with van der Waals surface area (Å²) in [5.41, 5.74) is 13.9. The lowest BCUT2D eigenvalue weighted by molar-refractivity contribution is 0.100. The van der Waals surface area contributed by atoms with Gasteiger partial charge >= 0.3 is 6.03 Å². The number of aromatic nitrogens is 2. The van der Waals surface area contributed by atoms with Crippen LogP contribution in [0, 0.1) is 0 Å². The molecule has 0 saturated carbocycles. The maximum Gasteiger partial charge on any atom is 0.323 e. The van der Waals surface area contributed by atoms with Crippen molar-refractivity contribution in [1.29, 1.82) is 0 Å². The molecule has 0 bridgehead atoms. The zero-order chi connectivity index (χ0) is 23.8. The smallest absolute Gasteiger partial charge is 0.323 e. The third-order valence-electron chi connectivity index (χ3n) is 5.26. The summed E-state index contributed by atoms with van der Waals surface area (Å²) in [6.45, 7) is 5.81. The first-order valence-electron chi connectivity index (χ1n) is 10.5. The molecule has 3 aromatic carbocycles. The van der Waals surface area contributed by atoms with Crippen LogP contribution in [-0.4, -0.2) is 21.7 Å². The molecule has 1 heterocycles. The quantitative estimate of drug-likeness (QED) is 0.362. The van der Waals surface area contributed by atoms with Gasteiger partial charge < -0.3 is 22.1 Å². The van der Waals surface area contributed by atoms with E-state index in [1.807, 2.05) is 63.2 Å². The number of amides is 3. The molecule has 4 aromatic rings. The number of benzene rings is 3. The van der Waals surface area contributed by atoms with Crippen LogP contribution in [0.2, 0.25) is 0 Å². The average molecular weight is 443 g/mol. The molecule has 1 aromatic heterocycles. The number of nitrogens with one attached hydrogen (secondary N) is 2. The highest BCUT2D eigenvalue weighted by Gasteiger charge is 2.26. The Balaban J connectivity index is 1.56. The molecule has 3 amide bonds. The molecule has 4 rings (SSSR count). The standard InChI is InChI=1S/C25H26N6O2/c1-25(2,3)31-22(26)20(23(27)32)21(30-31)16-11-13-17(14-12-16)28-24(33)29-19-10-6-8-15-7-4-5-9-18(15)19/h4-14H,26H2,1-3H3,(H2,27,32)(H2,28,29,33). The van der Waals surface area contributed by atoms with Crippen molar-refractivity contribution in [3.05, 3.63) is 72.3 Å². The van der Waals surface area contributed by atoms with Gasteiger partial charge in [-0.1, -0.05) is 48.5 Å². The minimum Gasteiger partial charge on any atom is -0.383 e. The maximum atomic E-state index is 12.6. The number of rotatable bonds is 4. The van der Waals surface area contributed by atoms with Crippen molar-refractivity contribution < 1.29 is 9.59 Å². The van der Waals surface area contributed by atoms with Crippen molar-refractivity contribution in [2.24, 2.45) is 5.73 Å².